The first-order valence-electron chi connectivity index (χ1n) is 8.00. The summed E-state index contributed by atoms with van der Waals surface area (Å²) in [4.78, 5) is 17.9. The molecular formula is C16H24ClN5OS. The molecule has 0 radical (unpaired) electrons. The molecule has 0 unspecified atom stereocenters. The minimum Gasteiger partial charge on any atom is -0.317 e. The van der Waals surface area contributed by atoms with Gasteiger partial charge >= 0.3 is 0 Å². The lowest BCUT2D eigenvalue weighted by atomic mass is 9.97. The monoisotopic (exact) mass is 369 g/mol. The van der Waals surface area contributed by atoms with Crippen LogP contribution >= 0.6 is 23.7 Å². The van der Waals surface area contributed by atoms with E-state index in [9.17, 15) is 4.79 Å². The Hall–Kier alpha value is -1.44. The summed E-state index contributed by atoms with van der Waals surface area (Å²) in [6, 6.07) is 0. The molecule has 1 saturated heterocycles. The van der Waals surface area contributed by atoms with Crippen LogP contribution in [0.25, 0.3) is 0 Å². The average Bonchev–Trinajstić information content (AvgIpc) is 3.09. The summed E-state index contributed by atoms with van der Waals surface area (Å²) in [7, 11) is 1.90. The van der Waals surface area contributed by atoms with Crippen molar-refractivity contribution in [3.8, 4) is 0 Å². The van der Waals surface area contributed by atoms with Gasteiger partial charge in [-0.05, 0) is 45.7 Å². The predicted octanol–water partition coefficient (Wildman–Crippen LogP) is 2.56. The third-order valence-corrected chi connectivity index (χ3v) is 5.58. The van der Waals surface area contributed by atoms with E-state index in [1.54, 1.807) is 11.3 Å². The van der Waals surface area contributed by atoms with E-state index >= 15 is 0 Å². The highest BCUT2D eigenvalue weighted by atomic mass is 35.5. The zero-order chi connectivity index (χ0) is 16.4. The second-order valence-corrected chi connectivity index (χ2v) is 7.15. The topological polar surface area (TPSA) is 71.8 Å². The Balaban J connectivity index is 0.00000208. The molecule has 0 aliphatic carbocycles. The zero-order valence-corrected chi connectivity index (χ0v) is 15.9. The van der Waals surface area contributed by atoms with Gasteiger partial charge in [0.25, 0.3) is 0 Å². The van der Waals surface area contributed by atoms with Crippen LogP contribution in [-0.2, 0) is 18.3 Å². The van der Waals surface area contributed by atoms with E-state index in [4.69, 9.17) is 0 Å². The molecule has 1 aliphatic heterocycles. The summed E-state index contributed by atoms with van der Waals surface area (Å²) in [5.41, 5.74) is 2.95. The van der Waals surface area contributed by atoms with Gasteiger partial charge in [0.15, 0.2) is 5.13 Å². The van der Waals surface area contributed by atoms with Gasteiger partial charge in [0, 0.05) is 29.4 Å². The molecule has 0 atom stereocenters. The molecule has 132 valence electrons. The van der Waals surface area contributed by atoms with Crippen LogP contribution in [0, 0.1) is 13.8 Å². The minimum atomic E-state index is -0.0320. The van der Waals surface area contributed by atoms with Crippen LogP contribution in [0.15, 0.2) is 6.20 Å². The molecule has 1 amide bonds. The largest absolute Gasteiger partial charge is 0.317 e. The van der Waals surface area contributed by atoms with E-state index in [1.807, 2.05) is 31.8 Å². The molecule has 3 heterocycles. The van der Waals surface area contributed by atoms with Gasteiger partial charge in [-0.1, -0.05) is 0 Å². The van der Waals surface area contributed by atoms with Crippen molar-refractivity contribution in [3.63, 3.8) is 0 Å². The Morgan fingerprint density at radius 3 is 2.75 bits per heavy atom. The van der Waals surface area contributed by atoms with Gasteiger partial charge in [-0.3, -0.25) is 9.48 Å². The first-order chi connectivity index (χ1) is 11.0. The van der Waals surface area contributed by atoms with Crippen LogP contribution in [0.1, 0.15) is 40.6 Å². The van der Waals surface area contributed by atoms with E-state index in [2.05, 4.69) is 20.7 Å². The average molecular weight is 370 g/mol. The molecule has 3 rings (SSSR count). The number of aryl methyl sites for hydroxylation is 2. The SMILES string of the molecule is Cc1nn(C)c(C)c1CC(=O)Nc1ncc(C2CCNCC2)s1.Cl. The number of anilines is 1. The van der Waals surface area contributed by atoms with Crippen LogP contribution in [0.3, 0.4) is 0 Å². The van der Waals surface area contributed by atoms with Gasteiger partial charge in [-0.25, -0.2) is 4.98 Å². The van der Waals surface area contributed by atoms with Crippen molar-refractivity contribution in [2.45, 2.75) is 39.0 Å². The Kier molecular flexibility index (Phi) is 6.37. The number of hydrogen-bond acceptors (Lipinski definition) is 5. The number of piperidine rings is 1. The number of nitrogens with one attached hydrogen (secondary N) is 2. The van der Waals surface area contributed by atoms with Crippen molar-refractivity contribution in [2.24, 2.45) is 7.05 Å². The molecule has 24 heavy (non-hydrogen) atoms. The zero-order valence-electron chi connectivity index (χ0n) is 14.3. The highest BCUT2D eigenvalue weighted by Gasteiger charge is 2.19. The Morgan fingerprint density at radius 1 is 1.42 bits per heavy atom. The van der Waals surface area contributed by atoms with Crippen molar-refractivity contribution in [3.05, 3.63) is 28.0 Å². The molecular weight excluding hydrogens is 346 g/mol. The van der Waals surface area contributed by atoms with E-state index in [0.29, 0.717) is 17.5 Å². The van der Waals surface area contributed by atoms with E-state index < -0.39 is 0 Å². The van der Waals surface area contributed by atoms with Gasteiger partial charge in [0.05, 0.1) is 12.1 Å². The molecule has 2 aromatic rings. The van der Waals surface area contributed by atoms with Crippen LogP contribution in [-0.4, -0.2) is 33.8 Å². The Labute approximate surface area is 152 Å². The van der Waals surface area contributed by atoms with Gasteiger partial charge < -0.3 is 10.6 Å². The lowest BCUT2D eigenvalue weighted by molar-refractivity contribution is -0.115. The van der Waals surface area contributed by atoms with Crippen molar-refractivity contribution < 1.29 is 4.79 Å². The smallest absolute Gasteiger partial charge is 0.230 e. The highest BCUT2D eigenvalue weighted by molar-refractivity contribution is 7.15. The fraction of sp³-hybridized carbons (Fsp3) is 0.562. The second kappa shape index (κ2) is 8.09. The van der Waals surface area contributed by atoms with Crippen molar-refractivity contribution >= 4 is 34.8 Å². The predicted molar refractivity (Wildman–Crippen MR) is 99.2 cm³/mol. The van der Waals surface area contributed by atoms with Crippen LogP contribution in [0.5, 0.6) is 0 Å². The standard InChI is InChI=1S/C16H23N5OS.ClH/c1-10-13(11(2)21(3)20-10)8-15(22)19-16-18-9-14(23-16)12-4-6-17-7-5-12;/h9,12,17H,4-8H2,1-3H3,(H,18,19,22);1H. The number of thiazole rings is 1. The lowest BCUT2D eigenvalue weighted by Gasteiger charge is -2.20. The molecule has 1 aliphatic rings. The molecule has 1 fully saturated rings. The molecule has 2 aromatic heterocycles. The summed E-state index contributed by atoms with van der Waals surface area (Å²) in [6.45, 7) is 6.04. The number of carbonyl (C=O) groups excluding carboxylic acids is 1. The first-order valence-corrected chi connectivity index (χ1v) is 8.81. The first kappa shape index (κ1) is 18.9. The number of aromatic nitrogens is 3. The number of carbonyl (C=O) groups is 1. The number of hydrogen-bond donors (Lipinski definition) is 2. The van der Waals surface area contributed by atoms with Crippen LogP contribution in [0.2, 0.25) is 0 Å². The molecule has 0 aromatic carbocycles. The van der Waals surface area contributed by atoms with Crippen molar-refractivity contribution in [2.75, 3.05) is 18.4 Å². The van der Waals surface area contributed by atoms with E-state index in [-0.39, 0.29) is 18.3 Å². The third kappa shape index (κ3) is 4.15. The fourth-order valence-corrected chi connectivity index (χ4v) is 4.04. The summed E-state index contributed by atoms with van der Waals surface area (Å²) in [5, 5.41) is 11.3. The number of rotatable bonds is 4. The van der Waals surface area contributed by atoms with E-state index in [0.717, 1.165) is 42.9 Å². The third-order valence-electron chi connectivity index (χ3n) is 4.51. The maximum Gasteiger partial charge on any atom is 0.230 e. The van der Waals surface area contributed by atoms with Crippen molar-refractivity contribution in [1.29, 1.82) is 0 Å². The Morgan fingerprint density at radius 2 is 2.12 bits per heavy atom. The lowest BCUT2D eigenvalue weighted by Crippen LogP contribution is -2.26. The van der Waals surface area contributed by atoms with Crippen LogP contribution in [0.4, 0.5) is 5.13 Å². The molecule has 6 nitrogen and oxygen atoms in total. The Bertz CT molecular complexity index is 705. The van der Waals surface area contributed by atoms with Gasteiger partial charge in [0.2, 0.25) is 5.91 Å². The molecule has 0 bridgehead atoms. The summed E-state index contributed by atoms with van der Waals surface area (Å²) in [6.07, 6.45) is 4.54. The number of nitrogens with zero attached hydrogens (tertiary/aromatic N) is 3. The number of halogens is 1. The second-order valence-electron chi connectivity index (χ2n) is 6.09. The quantitative estimate of drug-likeness (QED) is 0.868. The van der Waals surface area contributed by atoms with E-state index in [1.165, 1.54) is 4.88 Å². The van der Waals surface area contributed by atoms with Gasteiger partial charge in [-0.15, -0.1) is 23.7 Å². The highest BCUT2D eigenvalue weighted by Crippen LogP contribution is 2.31. The molecule has 8 heteroatoms. The fourth-order valence-electron chi connectivity index (χ4n) is 3.04. The van der Waals surface area contributed by atoms with Gasteiger partial charge in [-0.2, -0.15) is 5.10 Å². The minimum absolute atomic E-state index is 0. The summed E-state index contributed by atoms with van der Waals surface area (Å²) in [5.74, 6) is 0.539. The normalized spacial score (nSPS) is 15.1. The van der Waals surface area contributed by atoms with Crippen molar-refractivity contribution in [1.82, 2.24) is 20.1 Å². The van der Waals surface area contributed by atoms with Gasteiger partial charge in [0.1, 0.15) is 0 Å². The maximum absolute atomic E-state index is 12.3. The maximum atomic E-state index is 12.3. The molecule has 2 N–H and O–H groups in total. The molecule has 0 spiro atoms. The summed E-state index contributed by atoms with van der Waals surface area (Å²) < 4.78 is 1.82. The molecule has 0 saturated carbocycles. The number of amides is 1. The van der Waals surface area contributed by atoms with Crippen LogP contribution < -0.4 is 10.6 Å². The summed E-state index contributed by atoms with van der Waals surface area (Å²) >= 11 is 1.60.